The lowest BCUT2D eigenvalue weighted by atomic mass is 10.3. The fraction of sp³-hybridized carbons (Fsp3) is 0.300. The lowest BCUT2D eigenvalue weighted by Gasteiger charge is -2.09. The maximum atomic E-state index is 11.3. The van der Waals surface area contributed by atoms with Crippen molar-refractivity contribution >= 4 is 22.8 Å². The van der Waals surface area contributed by atoms with Gasteiger partial charge in [0, 0.05) is 17.1 Å². The number of benzene rings is 1. The summed E-state index contributed by atoms with van der Waals surface area (Å²) < 4.78 is 21.4. The summed E-state index contributed by atoms with van der Waals surface area (Å²) in [6.07, 6.45) is 0.845. The highest BCUT2D eigenvalue weighted by molar-refractivity contribution is 7.79. The monoisotopic (exact) mass is 241 g/mol. The van der Waals surface area contributed by atoms with Crippen LogP contribution >= 0.6 is 0 Å². The zero-order valence-electron chi connectivity index (χ0n) is 8.86. The molecule has 0 aliphatic heterocycles. The van der Waals surface area contributed by atoms with Crippen molar-refractivity contribution in [3.8, 4) is 0 Å². The van der Waals surface area contributed by atoms with Crippen LogP contribution in [0.3, 0.4) is 0 Å². The van der Waals surface area contributed by atoms with Crippen molar-refractivity contribution in [3.05, 3.63) is 24.3 Å². The van der Waals surface area contributed by atoms with E-state index in [1.54, 1.807) is 12.1 Å². The minimum atomic E-state index is -2.28. The molecule has 0 radical (unpaired) electrons. The summed E-state index contributed by atoms with van der Waals surface area (Å²) in [7, 11) is 0. The highest BCUT2D eigenvalue weighted by Crippen LogP contribution is 2.12. The van der Waals surface area contributed by atoms with Crippen LogP contribution in [0.4, 0.5) is 10.5 Å². The molecular weight excluding hydrogens is 228 g/mol. The normalized spacial score (nSPS) is 11.9. The molecule has 0 saturated heterocycles. The minimum absolute atomic E-state index is 0.147. The van der Waals surface area contributed by atoms with Gasteiger partial charge in [0.25, 0.3) is 0 Å². The summed E-state index contributed by atoms with van der Waals surface area (Å²) >= 11 is -2.28. The fourth-order valence-electron chi connectivity index (χ4n) is 1.09. The Morgan fingerprint density at radius 3 is 2.88 bits per heavy atom. The van der Waals surface area contributed by atoms with Gasteiger partial charge in [-0.3, -0.25) is 4.21 Å². The summed E-state index contributed by atoms with van der Waals surface area (Å²) in [5.41, 5.74) is 0.454. The van der Waals surface area contributed by atoms with Crippen molar-refractivity contribution in [1.82, 2.24) is 5.32 Å². The number of amides is 2. The van der Waals surface area contributed by atoms with E-state index in [0.717, 1.165) is 6.42 Å². The molecule has 0 aliphatic rings. The second-order valence-electron chi connectivity index (χ2n) is 3.14. The molecule has 0 aliphatic carbocycles. The first-order valence-corrected chi connectivity index (χ1v) is 5.95. The molecule has 0 heterocycles. The number of hydrogen-bond acceptors (Lipinski definition) is 3. The second kappa shape index (κ2) is 6.24. The van der Waals surface area contributed by atoms with Crippen molar-refractivity contribution < 1.29 is 13.6 Å². The number of hydrogen-bond donors (Lipinski definition) is 2. The fourth-order valence-corrected chi connectivity index (χ4v) is 1.50. The zero-order valence-corrected chi connectivity index (χ0v) is 9.67. The van der Waals surface area contributed by atoms with Gasteiger partial charge in [-0.05, 0) is 35.7 Å². The number of urea groups is 1. The van der Waals surface area contributed by atoms with Crippen molar-refractivity contribution in [2.24, 2.45) is 0 Å². The lowest BCUT2D eigenvalue weighted by Crippen LogP contribution is -2.29. The third kappa shape index (κ3) is 4.00. The zero-order chi connectivity index (χ0) is 12.0. The quantitative estimate of drug-likeness (QED) is 0.783. The Hall–Kier alpha value is -1.40. The Balaban J connectivity index is 2.63. The first-order valence-electron chi connectivity index (χ1n) is 4.87. The third-order valence-electron chi connectivity index (χ3n) is 1.82. The first-order chi connectivity index (χ1) is 7.63. The van der Waals surface area contributed by atoms with E-state index in [2.05, 4.69) is 10.6 Å². The number of carbonyl (C=O) groups excluding carboxylic acids is 1. The Morgan fingerprint density at radius 2 is 2.25 bits per heavy atom. The van der Waals surface area contributed by atoms with Crippen molar-refractivity contribution in [3.63, 3.8) is 0 Å². The molecule has 2 amide bonds. The molecule has 1 atom stereocenters. The van der Waals surface area contributed by atoms with Gasteiger partial charge in [-0.15, -0.1) is 0 Å². The van der Waals surface area contributed by atoms with E-state index in [-0.39, 0.29) is 10.9 Å². The van der Waals surface area contributed by atoms with Gasteiger partial charge >= 0.3 is 6.03 Å². The number of anilines is 1. The summed E-state index contributed by atoms with van der Waals surface area (Å²) in [6, 6.07) is 5.71. The van der Waals surface area contributed by atoms with E-state index in [9.17, 15) is 13.6 Å². The number of rotatable bonds is 4. The van der Waals surface area contributed by atoms with Crippen LogP contribution < -0.4 is 10.6 Å². The summed E-state index contributed by atoms with van der Waals surface area (Å²) in [6.45, 7) is 2.53. The maximum Gasteiger partial charge on any atom is 0.319 e. The molecule has 0 aromatic heterocycles. The highest BCUT2D eigenvalue weighted by Gasteiger charge is 2.01. The van der Waals surface area contributed by atoms with Crippen LogP contribution in [0.5, 0.6) is 0 Å². The van der Waals surface area contributed by atoms with Gasteiger partial charge in [-0.2, -0.15) is 0 Å². The van der Waals surface area contributed by atoms with E-state index < -0.39 is 11.1 Å². The Labute approximate surface area is 96.5 Å². The smallest absolute Gasteiger partial charge is 0.319 e. The van der Waals surface area contributed by atoms with Crippen molar-refractivity contribution in [1.29, 1.82) is 0 Å². The molecule has 6 heteroatoms. The highest BCUT2D eigenvalue weighted by atomic mass is 32.2. The Kier molecular flexibility index (Phi) is 4.94. The lowest BCUT2D eigenvalue weighted by molar-refractivity contribution is 0.252. The molecule has 1 aromatic carbocycles. The molecule has 1 aromatic rings. The number of nitrogens with one attached hydrogen (secondary N) is 2. The van der Waals surface area contributed by atoms with Crippen LogP contribution in [-0.4, -0.2) is 21.3 Å². The summed E-state index contributed by atoms with van der Waals surface area (Å²) in [5, 5.41) is 5.17. The molecule has 0 spiro atoms. The van der Waals surface area contributed by atoms with E-state index in [1.807, 2.05) is 6.92 Å². The van der Waals surface area contributed by atoms with Gasteiger partial charge in [0.15, 0.2) is 0 Å². The van der Waals surface area contributed by atoms with E-state index >= 15 is 0 Å². The molecular formula is C10H13N2O3S-. The van der Waals surface area contributed by atoms with E-state index in [0.29, 0.717) is 12.2 Å². The summed E-state index contributed by atoms with van der Waals surface area (Å²) in [4.78, 5) is 11.4. The second-order valence-corrected chi connectivity index (χ2v) is 4.08. The third-order valence-corrected chi connectivity index (χ3v) is 2.46. The van der Waals surface area contributed by atoms with Crippen LogP contribution in [0.2, 0.25) is 0 Å². The van der Waals surface area contributed by atoms with Crippen LogP contribution in [-0.2, 0) is 11.1 Å². The average molecular weight is 241 g/mol. The van der Waals surface area contributed by atoms with Crippen molar-refractivity contribution in [2.45, 2.75) is 18.2 Å². The molecule has 0 bridgehead atoms. The van der Waals surface area contributed by atoms with Crippen LogP contribution in [0, 0.1) is 0 Å². The predicted molar refractivity (Wildman–Crippen MR) is 60.9 cm³/mol. The van der Waals surface area contributed by atoms with Crippen LogP contribution in [0.25, 0.3) is 0 Å². The molecule has 0 saturated carbocycles. The predicted octanol–water partition coefficient (Wildman–Crippen LogP) is 1.46. The van der Waals surface area contributed by atoms with E-state index in [4.69, 9.17) is 0 Å². The van der Waals surface area contributed by atoms with E-state index in [1.165, 1.54) is 12.1 Å². The first kappa shape index (κ1) is 12.7. The Morgan fingerprint density at radius 1 is 1.50 bits per heavy atom. The van der Waals surface area contributed by atoms with Gasteiger partial charge in [0.1, 0.15) is 0 Å². The molecule has 88 valence electrons. The SMILES string of the molecule is CCCNC(=O)Nc1cccc(S(=O)[O-])c1. The van der Waals surface area contributed by atoms with Gasteiger partial charge in [0.05, 0.1) is 0 Å². The molecule has 1 unspecified atom stereocenters. The minimum Gasteiger partial charge on any atom is -0.768 e. The number of carbonyl (C=O) groups is 1. The largest absolute Gasteiger partial charge is 0.768 e. The van der Waals surface area contributed by atoms with Gasteiger partial charge in [0.2, 0.25) is 0 Å². The summed E-state index contributed by atoms with van der Waals surface area (Å²) in [5.74, 6) is 0. The Bertz CT molecular complexity index is 395. The molecule has 16 heavy (non-hydrogen) atoms. The maximum absolute atomic E-state index is 11.3. The van der Waals surface area contributed by atoms with Crippen LogP contribution in [0.1, 0.15) is 13.3 Å². The molecule has 0 fully saturated rings. The average Bonchev–Trinajstić information content (AvgIpc) is 2.26. The van der Waals surface area contributed by atoms with Crippen molar-refractivity contribution in [2.75, 3.05) is 11.9 Å². The standard InChI is InChI=1S/C10H14N2O3S/c1-2-6-11-10(13)12-8-4-3-5-9(7-8)16(14)15/h3-5,7H,2,6H2,1H3,(H,14,15)(H2,11,12,13)/p-1. The van der Waals surface area contributed by atoms with Crippen LogP contribution in [0.15, 0.2) is 29.2 Å². The molecule has 2 N–H and O–H groups in total. The van der Waals surface area contributed by atoms with Gasteiger partial charge in [-0.1, -0.05) is 13.0 Å². The topological polar surface area (TPSA) is 81.3 Å². The molecule has 5 nitrogen and oxygen atoms in total. The molecule has 1 rings (SSSR count). The van der Waals surface area contributed by atoms with Gasteiger partial charge < -0.3 is 15.2 Å². The van der Waals surface area contributed by atoms with Gasteiger partial charge in [-0.25, -0.2) is 4.79 Å².